The van der Waals surface area contributed by atoms with E-state index < -0.39 is 10.0 Å². The number of hydrogen-bond donors (Lipinski definition) is 0. The Bertz CT molecular complexity index is 659. The smallest absolute Gasteiger partial charge is 0.218 e. The first-order chi connectivity index (χ1) is 12.5. The van der Waals surface area contributed by atoms with E-state index in [-0.39, 0.29) is 5.75 Å². The number of hydrogen-bond acceptors (Lipinski definition) is 4. The Balaban J connectivity index is 1.46. The lowest BCUT2D eigenvalue weighted by Crippen LogP contribution is -2.49. The molecule has 2 saturated heterocycles. The summed E-state index contributed by atoms with van der Waals surface area (Å²) in [5.41, 5.74) is 2.04. The van der Waals surface area contributed by atoms with Gasteiger partial charge < -0.3 is 9.80 Å². The molecule has 0 amide bonds. The maximum absolute atomic E-state index is 12.7. The standard InChI is InChI=1S/C20H33N3O2S/c1-3-21-12-14-22(15-13-21)16-19-8-10-23(11-9-19)26(24,25)17-20-6-4-18(2)5-7-20/h4-7,19H,3,8-17H2,1-2H3. The second-order valence-electron chi connectivity index (χ2n) is 7.82. The van der Waals surface area contributed by atoms with Crippen LogP contribution in [0.25, 0.3) is 0 Å². The van der Waals surface area contributed by atoms with Crippen molar-refractivity contribution >= 4 is 10.0 Å². The van der Waals surface area contributed by atoms with Crippen LogP contribution in [0.15, 0.2) is 24.3 Å². The Morgan fingerprint density at radius 2 is 1.50 bits per heavy atom. The maximum atomic E-state index is 12.7. The zero-order valence-electron chi connectivity index (χ0n) is 16.2. The van der Waals surface area contributed by atoms with E-state index in [9.17, 15) is 8.42 Å². The normalized spacial score (nSPS) is 21.9. The van der Waals surface area contributed by atoms with Crippen molar-refractivity contribution < 1.29 is 8.42 Å². The van der Waals surface area contributed by atoms with E-state index >= 15 is 0 Å². The first-order valence-corrected chi connectivity index (χ1v) is 11.6. The molecule has 3 rings (SSSR count). The van der Waals surface area contributed by atoms with Crippen LogP contribution < -0.4 is 0 Å². The summed E-state index contributed by atoms with van der Waals surface area (Å²) in [5, 5.41) is 0. The van der Waals surface area contributed by atoms with E-state index in [2.05, 4.69) is 16.7 Å². The molecule has 1 aromatic rings. The van der Waals surface area contributed by atoms with Gasteiger partial charge in [-0.1, -0.05) is 36.8 Å². The van der Waals surface area contributed by atoms with E-state index in [0.29, 0.717) is 19.0 Å². The molecule has 6 heteroatoms. The van der Waals surface area contributed by atoms with E-state index in [1.807, 2.05) is 31.2 Å². The van der Waals surface area contributed by atoms with Crippen LogP contribution >= 0.6 is 0 Å². The lowest BCUT2D eigenvalue weighted by Gasteiger charge is -2.38. The van der Waals surface area contributed by atoms with Crippen molar-refractivity contribution in [1.29, 1.82) is 0 Å². The average Bonchev–Trinajstić information content (AvgIpc) is 2.64. The molecule has 0 atom stereocenters. The minimum absolute atomic E-state index is 0.122. The van der Waals surface area contributed by atoms with E-state index in [0.717, 1.165) is 50.1 Å². The van der Waals surface area contributed by atoms with Crippen LogP contribution in [0, 0.1) is 12.8 Å². The molecule has 2 aliphatic rings. The molecular formula is C20H33N3O2S. The van der Waals surface area contributed by atoms with Crippen LogP contribution in [0.1, 0.15) is 30.9 Å². The molecule has 2 aliphatic heterocycles. The van der Waals surface area contributed by atoms with Gasteiger partial charge in [-0.25, -0.2) is 12.7 Å². The number of piperazine rings is 1. The second kappa shape index (κ2) is 8.83. The van der Waals surface area contributed by atoms with Crippen molar-refractivity contribution in [3.05, 3.63) is 35.4 Å². The molecule has 2 heterocycles. The van der Waals surface area contributed by atoms with Gasteiger partial charge >= 0.3 is 0 Å². The minimum Gasteiger partial charge on any atom is -0.301 e. The Morgan fingerprint density at radius 3 is 2.08 bits per heavy atom. The zero-order valence-corrected chi connectivity index (χ0v) is 17.0. The van der Waals surface area contributed by atoms with Gasteiger partial charge in [0.05, 0.1) is 5.75 Å². The van der Waals surface area contributed by atoms with Crippen molar-refractivity contribution in [3.8, 4) is 0 Å². The van der Waals surface area contributed by atoms with E-state index in [4.69, 9.17) is 0 Å². The molecule has 0 aliphatic carbocycles. The van der Waals surface area contributed by atoms with Gasteiger partial charge in [0.15, 0.2) is 0 Å². The summed E-state index contributed by atoms with van der Waals surface area (Å²) >= 11 is 0. The minimum atomic E-state index is -3.20. The molecule has 0 saturated carbocycles. The van der Waals surface area contributed by atoms with Crippen LogP contribution in [-0.4, -0.2) is 74.9 Å². The summed E-state index contributed by atoms with van der Waals surface area (Å²) < 4.78 is 27.1. The molecule has 0 spiro atoms. The second-order valence-corrected chi connectivity index (χ2v) is 9.79. The number of sulfonamides is 1. The maximum Gasteiger partial charge on any atom is 0.218 e. The van der Waals surface area contributed by atoms with Crippen molar-refractivity contribution in [3.63, 3.8) is 0 Å². The average molecular weight is 380 g/mol. The third kappa shape index (κ3) is 5.28. The van der Waals surface area contributed by atoms with Crippen molar-refractivity contribution in [2.75, 3.05) is 52.4 Å². The van der Waals surface area contributed by atoms with Gasteiger partial charge in [0.2, 0.25) is 10.0 Å². The van der Waals surface area contributed by atoms with Crippen LogP contribution in [0.3, 0.4) is 0 Å². The monoisotopic (exact) mass is 379 g/mol. The number of likely N-dealkylation sites (N-methyl/N-ethyl adjacent to an activating group) is 1. The largest absolute Gasteiger partial charge is 0.301 e. The van der Waals surface area contributed by atoms with Gasteiger partial charge in [0.1, 0.15) is 0 Å². The molecule has 2 fully saturated rings. The van der Waals surface area contributed by atoms with Crippen LogP contribution in [0.5, 0.6) is 0 Å². The molecule has 0 aromatic heterocycles. The highest BCUT2D eigenvalue weighted by atomic mass is 32.2. The molecule has 0 unspecified atom stereocenters. The van der Waals surface area contributed by atoms with Crippen molar-refractivity contribution in [2.24, 2.45) is 5.92 Å². The fourth-order valence-corrected chi connectivity index (χ4v) is 5.57. The Morgan fingerprint density at radius 1 is 0.923 bits per heavy atom. The van der Waals surface area contributed by atoms with Crippen LogP contribution in [0.4, 0.5) is 0 Å². The fraction of sp³-hybridized carbons (Fsp3) is 0.700. The van der Waals surface area contributed by atoms with Crippen molar-refractivity contribution in [1.82, 2.24) is 14.1 Å². The van der Waals surface area contributed by atoms with Gasteiger partial charge in [-0.15, -0.1) is 0 Å². The van der Waals surface area contributed by atoms with Crippen molar-refractivity contribution in [2.45, 2.75) is 32.4 Å². The summed E-state index contributed by atoms with van der Waals surface area (Å²) in [7, 11) is -3.20. The number of benzene rings is 1. The molecule has 0 radical (unpaired) electrons. The topological polar surface area (TPSA) is 43.9 Å². The highest BCUT2D eigenvalue weighted by Gasteiger charge is 2.29. The van der Waals surface area contributed by atoms with Gasteiger partial charge in [-0.2, -0.15) is 0 Å². The van der Waals surface area contributed by atoms with Crippen LogP contribution in [0.2, 0.25) is 0 Å². The van der Waals surface area contributed by atoms with Gasteiger partial charge in [0.25, 0.3) is 0 Å². The predicted molar refractivity (Wildman–Crippen MR) is 107 cm³/mol. The number of nitrogens with zero attached hydrogens (tertiary/aromatic N) is 3. The first-order valence-electron chi connectivity index (χ1n) is 9.94. The number of rotatable bonds is 6. The molecule has 0 N–H and O–H groups in total. The molecule has 1 aromatic carbocycles. The van der Waals surface area contributed by atoms with Gasteiger partial charge in [-0.05, 0) is 37.8 Å². The van der Waals surface area contributed by atoms with E-state index in [1.165, 1.54) is 13.1 Å². The Hall–Kier alpha value is -0.950. The predicted octanol–water partition coefficient (Wildman–Crippen LogP) is 2.17. The third-order valence-corrected chi connectivity index (χ3v) is 7.72. The highest BCUT2D eigenvalue weighted by molar-refractivity contribution is 7.88. The summed E-state index contributed by atoms with van der Waals surface area (Å²) in [4.78, 5) is 5.06. The molecular weight excluding hydrogens is 346 g/mol. The molecule has 26 heavy (non-hydrogen) atoms. The Kier molecular flexibility index (Phi) is 6.72. The quantitative estimate of drug-likeness (QED) is 0.760. The molecule has 146 valence electrons. The number of piperidine rings is 1. The van der Waals surface area contributed by atoms with Gasteiger partial charge in [-0.3, -0.25) is 0 Å². The summed E-state index contributed by atoms with van der Waals surface area (Å²) in [6, 6.07) is 7.82. The zero-order chi connectivity index (χ0) is 18.6. The van der Waals surface area contributed by atoms with E-state index in [1.54, 1.807) is 4.31 Å². The van der Waals surface area contributed by atoms with Gasteiger partial charge in [0, 0.05) is 45.8 Å². The summed E-state index contributed by atoms with van der Waals surface area (Å²) in [6.07, 6.45) is 1.97. The first kappa shape index (κ1) is 19.8. The SMILES string of the molecule is CCN1CCN(CC2CCN(S(=O)(=O)Cc3ccc(C)cc3)CC2)CC1. The lowest BCUT2D eigenvalue weighted by molar-refractivity contribution is 0.109. The number of aryl methyl sites for hydroxylation is 1. The fourth-order valence-electron chi connectivity index (χ4n) is 4.01. The summed E-state index contributed by atoms with van der Waals surface area (Å²) in [5.74, 6) is 0.755. The lowest BCUT2D eigenvalue weighted by atomic mass is 9.97. The van der Waals surface area contributed by atoms with Crippen LogP contribution in [-0.2, 0) is 15.8 Å². The Labute approximate surface area is 159 Å². The third-order valence-electron chi connectivity index (χ3n) is 5.87. The molecule has 0 bridgehead atoms. The summed E-state index contributed by atoms with van der Waals surface area (Å²) in [6.45, 7) is 12.5. The molecule has 5 nitrogen and oxygen atoms in total. The highest BCUT2D eigenvalue weighted by Crippen LogP contribution is 2.23.